The number of nitrogens with zero attached hydrogens (tertiary/aromatic N) is 5. The summed E-state index contributed by atoms with van der Waals surface area (Å²) in [6.45, 7) is 6.71. The molecule has 166 valence electrons. The molecule has 2 aliphatic heterocycles. The molecule has 1 aromatic heterocycles. The third kappa shape index (κ3) is 4.60. The number of carbonyl (C=O) groups excluding carboxylic acids is 1. The van der Waals surface area contributed by atoms with Crippen LogP contribution in [0, 0.1) is 6.92 Å². The molecular weight excluding hydrogens is 396 g/mol. The number of ether oxygens (including phenoxy) is 2. The van der Waals surface area contributed by atoms with Gasteiger partial charge in [-0.1, -0.05) is 6.07 Å². The van der Waals surface area contributed by atoms with Crippen LogP contribution in [0.25, 0.3) is 0 Å². The van der Waals surface area contributed by atoms with Crippen molar-refractivity contribution in [1.29, 1.82) is 0 Å². The number of nitrogens with one attached hydrogen (secondary N) is 1. The van der Waals surface area contributed by atoms with Crippen molar-refractivity contribution in [3.8, 4) is 11.5 Å². The molecule has 4 rings (SSSR count). The molecule has 2 fully saturated rings. The highest BCUT2D eigenvalue weighted by atomic mass is 16.5. The lowest BCUT2D eigenvalue weighted by atomic mass is 10.2. The summed E-state index contributed by atoms with van der Waals surface area (Å²) in [5.74, 6) is 2.85. The summed E-state index contributed by atoms with van der Waals surface area (Å²) < 4.78 is 10.7. The maximum absolute atomic E-state index is 12.8. The van der Waals surface area contributed by atoms with E-state index in [1.807, 2.05) is 24.0 Å². The Hall–Kier alpha value is -3.23. The molecule has 0 saturated carbocycles. The van der Waals surface area contributed by atoms with Crippen LogP contribution in [0.2, 0.25) is 0 Å². The molecule has 0 bridgehead atoms. The summed E-state index contributed by atoms with van der Waals surface area (Å²) in [6.07, 6.45) is 2.39. The van der Waals surface area contributed by atoms with Crippen LogP contribution in [-0.4, -0.2) is 74.4 Å². The van der Waals surface area contributed by atoms with Crippen molar-refractivity contribution in [2.75, 3.05) is 68.6 Å². The standard InChI is InChI=1S/C22H30N6O3/c1-16-15-19(25-21(23-16)27-9-4-5-10-27)26-11-13-28(14-12-26)22(29)24-17-7-6-8-18(30-2)20(17)31-3/h6-8,15H,4-5,9-14H2,1-3H3,(H,24,29). The number of benzene rings is 1. The van der Waals surface area contributed by atoms with E-state index in [0.29, 0.717) is 30.3 Å². The SMILES string of the molecule is COc1cccc(NC(=O)N2CCN(c3cc(C)nc(N4CCCC4)n3)CC2)c1OC. The normalized spacial score (nSPS) is 16.4. The number of piperazine rings is 1. The molecule has 0 aliphatic carbocycles. The molecule has 9 heteroatoms. The van der Waals surface area contributed by atoms with Gasteiger partial charge in [-0.2, -0.15) is 4.98 Å². The quantitative estimate of drug-likeness (QED) is 0.787. The van der Waals surface area contributed by atoms with Gasteiger partial charge in [0.25, 0.3) is 0 Å². The zero-order valence-electron chi connectivity index (χ0n) is 18.4. The fourth-order valence-electron chi connectivity index (χ4n) is 4.08. The number of amides is 2. The summed E-state index contributed by atoms with van der Waals surface area (Å²) in [6, 6.07) is 7.30. The van der Waals surface area contributed by atoms with Gasteiger partial charge in [-0.05, 0) is 31.9 Å². The van der Waals surface area contributed by atoms with Gasteiger partial charge in [0.15, 0.2) is 11.5 Å². The number of aryl methyl sites for hydroxylation is 1. The van der Waals surface area contributed by atoms with Crippen molar-refractivity contribution in [3.05, 3.63) is 30.0 Å². The molecule has 2 amide bonds. The van der Waals surface area contributed by atoms with Gasteiger partial charge in [0.05, 0.1) is 19.9 Å². The molecule has 1 aromatic carbocycles. The number of hydrogen-bond donors (Lipinski definition) is 1. The third-order valence-corrected chi connectivity index (χ3v) is 5.75. The first kappa shape index (κ1) is 21.0. The van der Waals surface area contributed by atoms with Crippen LogP contribution in [0.4, 0.5) is 22.2 Å². The van der Waals surface area contributed by atoms with Crippen LogP contribution >= 0.6 is 0 Å². The second kappa shape index (κ2) is 9.28. The summed E-state index contributed by atoms with van der Waals surface area (Å²) in [5, 5.41) is 2.95. The lowest BCUT2D eigenvalue weighted by Gasteiger charge is -2.35. The number of rotatable bonds is 5. The lowest BCUT2D eigenvalue weighted by Crippen LogP contribution is -2.50. The zero-order valence-corrected chi connectivity index (χ0v) is 18.4. The van der Waals surface area contributed by atoms with E-state index in [0.717, 1.165) is 43.6 Å². The van der Waals surface area contributed by atoms with Crippen molar-refractivity contribution in [3.63, 3.8) is 0 Å². The first-order valence-electron chi connectivity index (χ1n) is 10.7. The summed E-state index contributed by atoms with van der Waals surface area (Å²) in [5.41, 5.74) is 1.56. The molecular formula is C22H30N6O3. The highest BCUT2D eigenvalue weighted by Crippen LogP contribution is 2.34. The van der Waals surface area contributed by atoms with Crippen molar-refractivity contribution < 1.29 is 14.3 Å². The van der Waals surface area contributed by atoms with Crippen LogP contribution in [0.15, 0.2) is 24.3 Å². The number of aromatic nitrogens is 2. The Bertz CT molecular complexity index is 923. The van der Waals surface area contributed by atoms with Crippen molar-refractivity contribution in [2.24, 2.45) is 0 Å². The molecule has 2 aliphatic rings. The average Bonchev–Trinajstić information content (AvgIpc) is 3.33. The Kier molecular flexibility index (Phi) is 6.29. The fourth-order valence-corrected chi connectivity index (χ4v) is 4.08. The Labute approximate surface area is 183 Å². The molecule has 2 saturated heterocycles. The van der Waals surface area contributed by atoms with Gasteiger partial charge in [0.2, 0.25) is 5.95 Å². The topological polar surface area (TPSA) is 83.1 Å². The average molecular weight is 427 g/mol. The van der Waals surface area contributed by atoms with E-state index < -0.39 is 0 Å². The number of methoxy groups -OCH3 is 2. The van der Waals surface area contributed by atoms with Crippen molar-refractivity contribution in [2.45, 2.75) is 19.8 Å². The number of para-hydroxylation sites is 1. The first-order valence-corrected chi connectivity index (χ1v) is 10.7. The minimum absolute atomic E-state index is 0.150. The van der Waals surface area contributed by atoms with Crippen LogP contribution in [0.1, 0.15) is 18.5 Å². The van der Waals surface area contributed by atoms with Gasteiger partial charge in [0, 0.05) is 51.0 Å². The Morgan fingerprint density at radius 1 is 0.968 bits per heavy atom. The number of anilines is 3. The van der Waals surface area contributed by atoms with Gasteiger partial charge >= 0.3 is 6.03 Å². The molecule has 0 radical (unpaired) electrons. The second-order valence-corrected chi connectivity index (χ2v) is 7.81. The first-order chi connectivity index (χ1) is 15.1. The van der Waals surface area contributed by atoms with Crippen molar-refractivity contribution >= 4 is 23.5 Å². The number of carbonyl (C=O) groups is 1. The summed E-state index contributed by atoms with van der Waals surface area (Å²) in [7, 11) is 3.14. The van der Waals surface area contributed by atoms with Gasteiger partial charge in [0.1, 0.15) is 5.82 Å². The van der Waals surface area contributed by atoms with E-state index in [2.05, 4.69) is 20.1 Å². The zero-order chi connectivity index (χ0) is 21.8. The highest BCUT2D eigenvalue weighted by Gasteiger charge is 2.24. The van der Waals surface area contributed by atoms with E-state index in [1.54, 1.807) is 26.4 Å². The Morgan fingerprint density at radius 3 is 2.39 bits per heavy atom. The maximum atomic E-state index is 12.8. The van der Waals surface area contributed by atoms with Crippen LogP contribution in [-0.2, 0) is 0 Å². The predicted octanol–water partition coefficient (Wildman–Crippen LogP) is 2.76. The summed E-state index contributed by atoms with van der Waals surface area (Å²) in [4.78, 5) is 28.5. The lowest BCUT2D eigenvalue weighted by molar-refractivity contribution is 0.208. The molecule has 2 aromatic rings. The highest BCUT2D eigenvalue weighted by molar-refractivity contribution is 5.91. The fraction of sp³-hybridized carbons (Fsp3) is 0.500. The minimum Gasteiger partial charge on any atom is -0.493 e. The molecule has 0 atom stereocenters. The maximum Gasteiger partial charge on any atom is 0.322 e. The molecule has 31 heavy (non-hydrogen) atoms. The molecule has 1 N–H and O–H groups in total. The van der Waals surface area contributed by atoms with Crippen LogP contribution in [0.3, 0.4) is 0 Å². The van der Waals surface area contributed by atoms with Gasteiger partial charge in [-0.15, -0.1) is 0 Å². The van der Waals surface area contributed by atoms with E-state index in [1.165, 1.54) is 12.8 Å². The van der Waals surface area contributed by atoms with Crippen LogP contribution in [0.5, 0.6) is 11.5 Å². The largest absolute Gasteiger partial charge is 0.493 e. The van der Waals surface area contributed by atoms with Gasteiger partial charge < -0.3 is 29.5 Å². The smallest absolute Gasteiger partial charge is 0.322 e. The monoisotopic (exact) mass is 426 g/mol. The van der Waals surface area contributed by atoms with E-state index in [9.17, 15) is 4.79 Å². The number of urea groups is 1. The molecule has 0 spiro atoms. The van der Waals surface area contributed by atoms with Gasteiger partial charge in [-0.3, -0.25) is 0 Å². The van der Waals surface area contributed by atoms with Crippen LogP contribution < -0.4 is 24.6 Å². The summed E-state index contributed by atoms with van der Waals surface area (Å²) >= 11 is 0. The third-order valence-electron chi connectivity index (χ3n) is 5.75. The Morgan fingerprint density at radius 2 is 1.71 bits per heavy atom. The predicted molar refractivity (Wildman–Crippen MR) is 121 cm³/mol. The molecule has 3 heterocycles. The molecule has 9 nitrogen and oxygen atoms in total. The number of hydrogen-bond acceptors (Lipinski definition) is 7. The van der Waals surface area contributed by atoms with E-state index >= 15 is 0 Å². The second-order valence-electron chi connectivity index (χ2n) is 7.81. The van der Waals surface area contributed by atoms with Gasteiger partial charge in [-0.25, -0.2) is 9.78 Å². The molecule has 0 unspecified atom stereocenters. The van der Waals surface area contributed by atoms with E-state index in [4.69, 9.17) is 14.5 Å². The van der Waals surface area contributed by atoms with E-state index in [-0.39, 0.29) is 6.03 Å². The minimum atomic E-state index is -0.150. The Balaban J connectivity index is 1.39. The van der Waals surface area contributed by atoms with Crippen molar-refractivity contribution in [1.82, 2.24) is 14.9 Å².